The van der Waals surface area contributed by atoms with E-state index in [0.717, 1.165) is 57.8 Å². The molecule has 0 bridgehead atoms. The summed E-state index contributed by atoms with van der Waals surface area (Å²) < 4.78 is 32.8. The van der Waals surface area contributed by atoms with Crippen molar-refractivity contribution in [2.24, 2.45) is 5.73 Å². The lowest BCUT2D eigenvalue weighted by Crippen LogP contribution is -2.29. The van der Waals surface area contributed by atoms with Crippen LogP contribution in [0.5, 0.6) is 0 Å². The van der Waals surface area contributed by atoms with Crippen molar-refractivity contribution in [2.75, 3.05) is 26.4 Å². The van der Waals surface area contributed by atoms with Crippen molar-refractivity contribution in [3.05, 3.63) is 12.2 Å². The molecule has 2 atom stereocenters. The Morgan fingerprint density at radius 2 is 0.877 bits per heavy atom. The Kier molecular flexibility index (Phi) is 43.3. The fraction of sp³-hybridized carbons (Fsp3) is 0.915. The van der Waals surface area contributed by atoms with Gasteiger partial charge in [-0.3, -0.25) is 18.6 Å². The summed E-state index contributed by atoms with van der Waals surface area (Å²) in [6.07, 6.45) is 47.0. The van der Waals surface area contributed by atoms with Gasteiger partial charge in [0, 0.05) is 19.4 Å². The molecule has 3 N–H and O–H groups in total. The quantitative estimate of drug-likeness (QED) is 0.0266. The molecule has 338 valence electrons. The second-order valence-electron chi connectivity index (χ2n) is 16.3. The third-order valence-electron chi connectivity index (χ3n) is 10.7. The van der Waals surface area contributed by atoms with Crippen LogP contribution >= 0.6 is 7.82 Å². The predicted octanol–water partition coefficient (Wildman–Crippen LogP) is 14.2. The number of nitrogens with two attached hydrogens (primary N) is 1. The second kappa shape index (κ2) is 44.3. The lowest BCUT2D eigenvalue weighted by molar-refractivity contribution is -0.161. The largest absolute Gasteiger partial charge is 0.472 e. The highest BCUT2D eigenvalue weighted by molar-refractivity contribution is 7.47. The SMILES string of the molecule is CCCC/C=C\CCCCCCCC(=O)OC(COC(=O)CCCCCCCCCCCCCCCCCCCCCCCCCCC)COP(=O)(O)OCCN. The predicted molar refractivity (Wildman–Crippen MR) is 238 cm³/mol. The third-order valence-corrected chi connectivity index (χ3v) is 11.6. The van der Waals surface area contributed by atoms with Gasteiger partial charge in [0.1, 0.15) is 6.61 Å². The van der Waals surface area contributed by atoms with Crippen LogP contribution in [0.3, 0.4) is 0 Å². The highest BCUT2D eigenvalue weighted by atomic mass is 31.2. The molecule has 0 aromatic rings. The zero-order valence-electron chi connectivity index (χ0n) is 37.3. The van der Waals surface area contributed by atoms with E-state index in [1.807, 2.05) is 0 Å². The van der Waals surface area contributed by atoms with Crippen LogP contribution in [0.15, 0.2) is 12.2 Å². The van der Waals surface area contributed by atoms with Gasteiger partial charge in [0.2, 0.25) is 0 Å². The van der Waals surface area contributed by atoms with Crippen LogP contribution in [0.1, 0.15) is 245 Å². The minimum absolute atomic E-state index is 0.0548. The molecule has 9 nitrogen and oxygen atoms in total. The summed E-state index contributed by atoms with van der Waals surface area (Å²) in [5.74, 6) is -0.828. The Morgan fingerprint density at radius 3 is 1.30 bits per heavy atom. The zero-order chi connectivity index (χ0) is 41.8. The first-order valence-electron chi connectivity index (χ1n) is 24.2. The normalized spacial score (nSPS) is 13.3. The molecule has 0 aromatic carbocycles. The highest BCUT2D eigenvalue weighted by Gasteiger charge is 2.26. The van der Waals surface area contributed by atoms with E-state index in [1.165, 1.54) is 154 Å². The van der Waals surface area contributed by atoms with E-state index >= 15 is 0 Å². The molecular formula is C47H92NO8P. The molecular weight excluding hydrogens is 737 g/mol. The molecule has 0 saturated heterocycles. The number of unbranched alkanes of at least 4 members (excludes halogenated alkanes) is 31. The standard InChI is InChI=1S/C47H92NO8P/c1-3-5-7-9-11-13-15-16-17-18-19-20-21-22-23-24-25-26-27-28-30-31-33-35-37-39-46(49)53-43-45(44-55-57(51,52)54-42-41-48)56-47(50)40-38-36-34-32-29-14-12-10-8-6-4-2/h10,12,45H,3-9,11,13-44,48H2,1-2H3,(H,51,52)/b12-10-. The van der Waals surface area contributed by atoms with Crippen molar-refractivity contribution in [1.82, 2.24) is 0 Å². The fourth-order valence-corrected chi connectivity index (χ4v) is 7.79. The molecule has 0 spiro atoms. The molecule has 0 aliphatic carbocycles. The van der Waals surface area contributed by atoms with Crippen molar-refractivity contribution in [2.45, 2.75) is 251 Å². The first-order chi connectivity index (χ1) is 27.8. The summed E-state index contributed by atoms with van der Waals surface area (Å²) in [4.78, 5) is 34.9. The van der Waals surface area contributed by atoms with Crippen LogP contribution in [-0.4, -0.2) is 49.3 Å². The summed E-state index contributed by atoms with van der Waals surface area (Å²) >= 11 is 0. The molecule has 0 aliphatic heterocycles. The van der Waals surface area contributed by atoms with E-state index in [1.54, 1.807) is 0 Å². The lowest BCUT2D eigenvalue weighted by atomic mass is 10.0. The fourth-order valence-electron chi connectivity index (χ4n) is 7.03. The third kappa shape index (κ3) is 44.1. The maximum Gasteiger partial charge on any atom is 0.472 e. The van der Waals surface area contributed by atoms with E-state index < -0.39 is 26.5 Å². The Labute approximate surface area is 351 Å². The number of phosphoric ester groups is 1. The van der Waals surface area contributed by atoms with Gasteiger partial charge in [0.05, 0.1) is 13.2 Å². The average molecular weight is 830 g/mol. The maximum atomic E-state index is 12.5. The number of carbonyl (C=O) groups is 2. The molecule has 10 heteroatoms. The number of carbonyl (C=O) groups excluding carboxylic acids is 2. The number of hydrogen-bond donors (Lipinski definition) is 2. The van der Waals surface area contributed by atoms with Gasteiger partial charge >= 0.3 is 19.8 Å². The van der Waals surface area contributed by atoms with Crippen molar-refractivity contribution < 1.29 is 37.6 Å². The molecule has 57 heavy (non-hydrogen) atoms. The van der Waals surface area contributed by atoms with Crippen molar-refractivity contribution >= 4 is 19.8 Å². The van der Waals surface area contributed by atoms with E-state index in [4.69, 9.17) is 24.3 Å². The van der Waals surface area contributed by atoms with Crippen molar-refractivity contribution in [3.8, 4) is 0 Å². The minimum atomic E-state index is -4.37. The number of allylic oxidation sites excluding steroid dienone is 2. The molecule has 0 heterocycles. The van der Waals surface area contributed by atoms with Gasteiger partial charge in [-0.15, -0.1) is 0 Å². The lowest BCUT2D eigenvalue weighted by Gasteiger charge is -2.19. The van der Waals surface area contributed by atoms with Gasteiger partial charge in [-0.25, -0.2) is 4.57 Å². The Bertz CT molecular complexity index is 948. The van der Waals surface area contributed by atoms with Crippen LogP contribution < -0.4 is 5.73 Å². The highest BCUT2D eigenvalue weighted by Crippen LogP contribution is 2.43. The van der Waals surface area contributed by atoms with Crippen LogP contribution in [0.25, 0.3) is 0 Å². The van der Waals surface area contributed by atoms with E-state index in [0.29, 0.717) is 6.42 Å². The van der Waals surface area contributed by atoms with Crippen LogP contribution in [0.4, 0.5) is 0 Å². The van der Waals surface area contributed by atoms with E-state index in [9.17, 15) is 19.0 Å². The maximum absolute atomic E-state index is 12.5. The molecule has 2 unspecified atom stereocenters. The zero-order valence-corrected chi connectivity index (χ0v) is 38.2. The number of phosphoric acid groups is 1. The van der Waals surface area contributed by atoms with Gasteiger partial charge < -0.3 is 20.1 Å². The topological polar surface area (TPSA) is 134 Å². The summed E-state index contributed by atoms with van der Waals surface area (Å²) in [6.45, 7) is 3.72. The second-order valence-corrected chi connectivity index (χ2v) is 17.8. The molecule has 0 rings (SSSR count). The van der Waals surface area contributed by atoms with Crippen molar-refractivity contribution in [1.29, 1.82) is 0 Å². The van der Waals surface area contributed by atoms with Crippen LogP contribution in [-0.2, 0) is 32.7 Å². The van der Waals surface area contributed by atoms with Gasteiger partial charge in [-0.05, 0) is 32.1 Å². The first kappa shape index (κ1) is 55.8. The number of hydrogen-bond acceptors (Lipinski definition) is 8. The van der Waals surface area contributed by atoms with E-state index in [2.05, 4.69) is 26.0 Å². The summed E-state index contributed by atoms with van der Waals surface area (Å²) in [6, 6.07) is 0. The van der Waals surface area contributed by atoms with Gasteiger partial charge in [-0.2, -0.15) is 0 Å². The van der Waals surface area contributed by atoms with E-state index in [-0.39, 0.29) is 38.6 Å². The molecule has 0 amide bonds. The number of rotatable bonds is 46. The molecule has 0 radical (unpaired) electrons. The molecule has 0 fully saturated rings. The average Bonchev–Trinajstić information content (AvgIpc) is 3.20. The number of ether oxygens (including phenoxy) is 2. The van der Waals surface area contributed by atoms with Gasteiger partial charge in [0.25, 0.3) is 0 Å². The van der Waals surface area contributed by atoms with Gasteiger partial charge in [-0.1, -0.05) is 212 Å². The molecule has 0 aliphatic rings. The summed E-state index contributed by atoms with van der Waals surface area (Å²) in [7, 11) is -4.37. The van der Waals surface area contributed by atoms with Crippen molar-refractivity contribution in [3.63, 3.8) is 0 Å². The first-order valence-corrected chi connectivity index (χ1v) is 25.7. The summed E-state index contributed by atoms with van der Waals surface area (Å²) in [5, 5.41) is 0. The summed E-state index contributed by atoms with van der Waals surface area (Å²) in [5.41, 5.74) is 5.35. The van der Waals surface area contributed by atoms with Crippen LogP contribution in [0, 0.1) is 0 Å². The molecule has 0 aromatic heterocycles. The Morgan fingerprint density at radius 1 is 0.509 bits per heavy atom. The monoisotopic (exact) mass is 830 g/mol. The smallest absolute Gasteiger partial charge is 0.462 e. The Balaban J connectivity index is 3.91. The minimum Gasteiger partial charge on any atom is -0.462 e. The number of esters is 2. The Hall–Kier alpha value is -1.25. The van der Waals surface area contributed by atoms with Crippen LogP contribution in [0.2, 0.25) is 0 Å². The molecule has 0 saturated carbocycles. The van der Waals surface area contributed by atoms with Gasteiger partial charge in [0.15, 0.2) is 6.10 Å².